The zero-order chi connectivity index (χ0) is 15.2. The molecule has 0 heterocycles. The van der Waals surface area contributed by atoms with Gasteiger partial charge in [0.05, 0.1) is 11.3 Å². The first-order chi connectivity index (χ1) is 8.47. The minimum Gasteiger partial charge on any atom is -0.352 e. The van der Waals surface area contributed by atoms with Gasteiger partial charge in [0.1, 0.15) is 0 Å². The molecule has 0 aromatic heterocycles. The quantitative estimate of drug-likeness (QED) is 0.172. The maximum Gasteiger partial charge on any atom is 0.311 e. The van der Waals surface area contributed by atoms with Crippen LogP contribution in [-0.4, -0.2) is 34.5 Å². The van der Waals surface area contributed by atoms with Gasteiger partial charge in [-0.05, 0) is 57.9 Å². The van der Waals surface area contributed by atoms with Crippen molar-refractivity contribution in [2.45, 2.75) is 45.7 Å². The van der Waals surface area contributed by atoms with Gasteiger partial charge < -0.3 is 13.9 Å². The minimum atomic E-state index is -3.02. The Kier molecular flexibility index (Phi) is 7.91. The molecule has 112 valence electrons. The molecular weight excluding hydrogens is 315 g/mol. The Hall–Kier alpha value is 0.184. The maximum absolute atomic E-state index is 12.8. The minimum absolute atomic E-state index is 0.404. The van der Waals surface area contributed by atoms with Crippen LogP contribution in [0.2, 0.25) is 39.3 Å². The van der Waals surface area contributed by atoms with Gasteiger partial charge in [-0.1, -0.05) is 0 Å². The molecule has 0 fully saturated rings. The second kappa shape index (κ2) is 7.83. The fourth-order valence-electron chi connectivity index (χ4n) is 1.38. The molecule has 0 saturated carbocycles. The van der Waals surface area contributed by atoms with E-state index in [1.165, 1.54) is 0 Å². The van der Waals surface area contributed by atoms with Gasteiger partial charge >= 0.3 is 7.60 Å². The van der Waals surface area contributed by atoms with Gasteiger partial charge in [0.25, 0.3) is 0 Å². The highest BCUT2D eigenvalue weighted by Crippen LogP contribution is 2.53. The first-order valence-electron chi connectivity index (χ1n) is 6.28. The van der Waals surface area contributed by atoms with E-state index in [0.29, 0.717) is 19.1 Å². The van der Waals surface area contributed by atoms with Crippen LogP contribution in [0.15, 0.2) is 5.10 Å². The van der Waals surface area contributed by atoms with E-state index < -0.39 is 24.2 Å². The van der Waals surface area contributed by atoms with Gasteiger partial charge in [-0.2, -0.15) is 0 Å². The molecule has 0 aromatic carbocycles. The molecule has 0 atom stereocenters. The highest BCUT2D eigenvalue weighted by molar-refractivity contribution is 7.78. The lowest BCUT2D eigenvalue weighted by atomic mass is 10.5. The Morgan fingerprint density at radius 1 is 1.16 bits per heavy atom. The van der Waals surface area contributed by atoms with Crippen LogP contribution >= 0.6 is 19.8 Å². The summed E-state index contributed by atoms with van der Waals surface area (Å²) >= 11 is 4.45. The van der Waals surface area contributed by atoms with E-state index in [2.05, 4.69) is 27.9 Å². The average molecular weight is 341 g/mol. The normalized spacial score (nSPS) is 12.9. The SMILES string of the molecule is C[Si](C)(C)OP(=O)(CCCNN=C=S)O[Si](C)(C)C. The topological polar surface area (TPSA) is 59.9 Å². The molecule has 0 saturated heterocycles. The molecule has 5 nitrogen and oxygen atoms in total. The molecule has 0 unspecified atom stereocenters. The molecule has 0 aliphatic heterocycles. The smallest absolute Gasteiger partial charge is 0.311 e. The van der Waals surface area contributed by atoms with Gasteiger partial charge in [-0.3, -0.25) is 4.57 Å². The van der Waals surface area contributed by atoms with Crippen LogP contribution < -0.4 is 5.43 Å². The number of thiocarbonyl (C=S) groups is 1. The number of hydrogen-bond donors (Lipinski definition) is 1. The predicted molar refractivity (Wildman–Crippen MR) is 89.0 cm³/mol. The van der Waals surface area contributed by atoms with Crippen molar-refractivity contribution in [2.24, 2.45) is 5.10 Å². The van der Waals surface area contributed by atoms with Crippen LogP contribution in [0.3, 0.4) is 0 Å². The van der Waals surface area contributed by atoms with Crippen molar-refractivity contribution >= 4 is 41.6 Å². The fourth-order valence-corrected chi connectivity index (χ4v) is 9.89. The number of hydrazone groups is 1. The molecule has 0 bridgehead atoms. The monoisotopic (exact) mass is 340 g/mol. The molecular formula is C10H25N2O3PSSi2. The Bertz CT molecular complexity index is 356. The summed E-state index contributed by atoms with van der Waals surface area (Å²) in [6.07, 6.45) is 1.06. The van der Waals surface area contributed by atoms with Gasteiger partial charge in [-0.15, -0.1) is 5.10 Å². The number of nitrogens with zero attached hydrogens (tertiary/aromatic N) is 1. The summed E-state index contributed by atoms with van der Waals surface area (Å²) in [5.41, 5.74) is 2.73. The average Bonchev–Trinajstić information content (AvgIpc) is 2.10. The standard InChI is InChI=1S/C10H25N2O3PSSi2/c1-18(2,3)14-16(13,15-19(4,5)6)9-7-8-11-12-10-17/h11H,7-9H2,1-6H3. The highest BCUT2D eigenvalue weighted by atomic mass is 32.1. The van der Waals surface area contributed by atoms with E-state index in [1.54, 1.807) is 0 Å². The van der Waals surface area contributed by atoms with Crippen LogP contribution in [0, 0.1) is 0 Å². The van der Waals surface area contributed by atoms with Gasteiger partial charge in [-0.25, -0.2) is 0 Å². The number of rotatable bonds is 9. The summed E-state index contributed by atoms with van der Waals surface area (Å²) < 4.78 is 24.4. The maximum atomic E-state index is 12.8. The molecule has 0 aliphatic rings. The largest absolute Gasteiger partial charge is 0.352 e. The van der Waals surface area contributed by atoms with Crippen molar-refractivity contribution < 1.29 is 13.0 Å². The van der Waals surface area contributed by atoms with E-state index in [4.69, 9.17) is 8.43 Å². The summed E-state index contributed by atoms with van der Waals surface area (Å²) in [5.74, 6) is 0. The number of hydrogen-bond acceptors (Lipinski definition) is 6. The van der Waals surface area contributed by atoms with Crippen molar-refractivity contribution in [3.8, 4) is 0 Å². The van der Waals surface area contributed by atoms with Crippen molar-refractivity contribution in [1.82, 2.24) is 5.43 Å². The number of nitrogens with one attached hydrogen (secondary N) is 1. The molecule has 0 rings (SSSR count). The summed E-state index contributed by atoms with van der Waals surface area (Å²) in [6.45, 7) is 12.7. The molecule has 0 aliphatic carbocycles. The molecule has 0 aromatic rings. The molecule has 0 spiro atoms. The number of isothiocyanates is 1. The third-order valence-electron chi connectivity index (χ3n) is 1.67. The van der Waals surface area contributed by atoms with Crippen LogP contribution in [0.25, 0.3) is 0 Å². The van der Waals surface area contributed by atoms with Gasteiger partial charge in [0, 0.05) is 6.54 Å². The van der Waals surface area contributed by atoms with Crippen LogP contribution in [0.5, 0.6) is 0 Å². The zero-order valence-corrected chi connectivity index (χ0v) is 16.4. The predicted octanol–water partition coefficient (Wildman–Crippen LogP) is 3.88. The van der Waals surface area contributed by atoms with E-state index in [9.17, 15) is 4.57 Å². The lowest BCUT2D eigenvalue weighted by molar-refractivity contribution is 0.381. The van der Waals surface area contributed by atoms with Crippen LogP contribution in [-0.2, 0) is 13.0 Å². The second-order valence-corrected chi connectivity index (χ2v) is 18.0. The van der Waals surface area contributed by atoms with Crippen molar-refractivity contribution in [2.75, 3.05) is 12.7 Å². The van der Waals surface area contributed by atoms with Crippen molar-refractivity contribution in [1.29, 1.82) is 0 Å². The van der Waals surface area contributed by atoms with Gasteiger partial charge in [0.2, 0.25) is 0 Å². The Labute approximate surface area is 123 Å². The summed E-state index contributed by atoms with van der Waals surface area (Å²) in [5, 5.41) is 5.82. The van der Waals surface area contributed by atoms with E-state index >= 15 is 0 Å². The fraction of sp³-hybridized carbons (Fsp3) is 0.900. The van der Waals surface area contributed by atoms with E-state index in [0.717, 1.165) is 0 Å². The van der Waals surface area contributed by atoms with Crippen LogP contribution in [0.1, 0.15) is 6.42 Å². The Morgan fingerprint density at radius 3 is 2.00 bits per heavy atom. The Morgan fingerprint density at radius 2 is 1.63 bits per heavy atom. The van der Waals surface area contributed by atoms with Crippen molar-refractivity contribution in [3.63, 3.8) is 0 Å². The van der Waals surface area contributed by atoms with E-state index in [1.807, 2.05) is 39.3 Å². The highest BCUT2D eigenvalue weighted by Gasteiger charge is 2.35. The third-order valence-corrected chi connectivity index (χ3v) is 9.23. The van der Waals surface area contributed by atoms with Gasteiger partial charge in [0.15, 0.2) is 16.6 Å². The summed E-state index contributed by atoms with van der Waals surface area (Å²) in [4.78, 5) is 0. The lowest BCUT2D eigenvalue weighted by Gasteiger charge is -2.31. The third kappa shape index (κ3) is 11.7. The second-order valence-electron chi connectivity index (χ2n) is 6.21. The van der Waals surface area contributed by atoms with Crippen molar-refractivity contribution in [3.05, 3.63) is 0 Å². The zero-order valence-electron chi connectivity index (χ0n) is 12.6. The summed E-state index contributed by atoms with van der Waals surface area (Å²) in [6, 6.07) is 0. The van der Waals surface area contributed by atoms with Crippen LogP contribution in [0.4, 0.5) is 0 Å². The Balaban J connectivity index is 4.58. The molecule has 1 N–H and O–H groups in total. The lowest BCUT2D eigenvalue weighted by Crippen LogP contribution is -2.31. The molecule has 19 heavy (non-hydrogen) atoms. The molecule has 0 radical (unpaired) electrons. The summed E-state index contributed by atoms with van der Waals surface area (Å²) in [7, 11) is -6.83. The first kappa shape index (κ1) is 19.2. The molecule has 0 amide bonds. The molecule has 9 heteroatoms. The first-order valence-corrected chi connectivity index (χ1v) is 15.2. The van der Waals surface area contributed by atoms with E-state index in [-0.39, 0.29) is 0 Å².